The number of halogens is 1. The van der Waals surface area contributed by atoms with Gasteiger partial charge in [-0.1, -0.05) is 11.6 Å². The fourth-order valence-electron chi connectivity index (χ4n) is 1.62. The van der Waals surface area contributed by atoms with E-state index in [4.69, 9.17) is 22.1 Å². The van der Waals surface area contributed by atoms with Crippen molar-refractivity contribution in [3.8, 4) is 12.1 Å². The van der Waals surface area contributed by atoms with E-state index < -0.39 is 0 Å². The van der Waals surface area contributed by atoms with Crippen molar-refractivity contribution in [3.63, 3.8) is 0 Å². The minimum absolute atomic E-state index is 0.0152. The van der Waals surface area contributed by atoms with Gasteiger partial charge in [-0.2, -0.15) is 10.5 Å². The van der Waals surface area contributed by atoms with Gasteiger partial charge < -0.3 is 5.43 Å². The van der Waals surface area contributed by atoms with Crippen LogP contribution in [0.25, 0.3) is 0 Å². The van der Waals surface area contributed by atoms with Crippen LogP contribution in [-0.2, 0) is 0 Å². The van der Waals surface area contributed by atoms with Crippen LogP contribution in [0.5, 0.6) is 0 Å². The molecule has 1 aromatic heterocycles. The van der Waals surface area contributed by atoms with Crippen molar-refractivity contribution < 1.29 is 0 Å². The highest BCUT2D eigenvalue weighted by Gasteiger charge is 2.16. The first-order valence-corrected chi connectivity index (χ1v) is 5.51. The Bertz CT molecular complexity index is 509. The largest absolute Gasteiger partial charge is 0.300 e. The maximum Gasteiger partial charge on any atom is 0.179 e. The van der Waals surface area contributed by atoms with Crippen LogP contribution < -0.4 is 5.43 Å². The lowest BCUT2D eigenvalue weighted by Gasteiger charge is -2.17. The number of rotatable bonds is 2. The molecular formula is C10H9ClN6. The zero-order chi connectivity index (χ0) is 12.3. The Morgan fingerprint density at radius 3 is 2.29 bits per heavy atom. The Kier molecular flexibility index (Phi) is 3.38. The minimum Gasteiger partial charge on any atom is -0.300 e. The summed E-state index contributed by atoms with van der Waals surface area (Å²) in [6.45, 7) is 1.81. The van der Waals surface area contributed by atoms with Gasteiger partial charge in [-0.3, -0.25) is 0 Å². The van der Waals surface area contributed by atoms with Gasteiger partial charge >= 0.3 is 0 Å². The molecule has 0 aliphatic carbocycles. The van der Waals surface area contributed by atoms with Crippen LogP contribution in [0, 0.1) is 22.7 Å². The molecule has 1 fully saturated rings. The Hall–Kier alpha value is -1.89. The first-order chi connectivity index (χ1) is 8.24. The lowest BCUT2D eigenvalue weighted by atomic mass is 10.3. The minimum atomic E-state index is -0.0514. The summed E-state index contributed by atoms with van der Waals surface area (Å²) < 4.78 is 0. The highest BCUT2D eigenvalue weighted by Crippen LogP contribution is 2.20. The van der Waals surface area contributed by atoms with Crippen LogP contribution in [0.3, 0.4) is 0 Å². The summed E-state index contributed by atoms with van der Waals surface area (Å²) in [5.74, 6) is 0.323. The van der Waals surface area contributed by atoms with E-state index in [0.717, 1.165) is 25.9 Å². The highest BCUT2D eigenvalue weighted by atomic mass is 35.5. The average molecular weight is 249 g/mol. The van der Waals surface area contributed by atoms with E-state index in [0.29, 0.717) is 5.82 Å². The molecule has 0 radical (unpaired) electrons. The van der Waals surface area contributed by atoms with E-state index in [-0.39, 0.29) is 16.5 Å². The van der Waals surface area contributed by atoms with Crippen molar-refractivity contribution in [3.05, 3.63) is 16.5 Å². The van der Waals surface area contributed by atoms with Gasteiger partial charge in [-0.25, -0.2) is 15.0 Å². The normalized spacial score (nSPS) is 15.2. The molecule has 0 spiro atoms. The van der Waals surface area contributed by atoms with Crippen molar-refractivity contribution in [1.82, 2.24) is 15.0 Å². The van der Waals surface area contributed by atoms with Crippen molar-refractivity contribution in [1.29, 1.82) is 10.5 Å². The van der Waals surface area contributed by atoms with Crippen LogP contribution in [0.2, 0.25) is 5.15 Å². The van der Waals surface area contributed by atoms with Gasteiger partial charge in [0.2, 0.25) is 0 Å². The zero-order valence-electron chi connectivity index (χ0n) is 8.94. The molecule has 1 N–H and O–H groups in total. The van der Waals surface area contributed by atoms with Crippen molar-refractivity contribution >= 4 is 17.4 Å². The zero-order valence-corrected chi connectivity index (χ0v) is 9.70. The Balaban J connectivity index is 2.28. The predicted molar refractivity (Wildman–Crippen MR) is 60.9 cm³/mol. The molecule has 2 rings (SSSR count). The van der Waals surface area contributed by atoms with E-state index in [2.05, 4.69) is 15.4 Å². The quantitative estimate of drug-likeness (QED) is 0.849. The third kappa shape index (κ3) is 2.44. The monoisotopic (exact) mass is 248 g/mol. The van der Waals surface area contributed by atoms with Gasteiger partial charge in [0, 0.05) is 13.1 Å². The van der Waals surface area contributed by atoms with E-state index in [9.17, 15) is 0 Å². The van der Waals surface area contributed by atoms with E-state index in [1.807, 2.05) is 11.1 Å². The number of nitrogens with one attached hydrogen (secondary N) is 1. The van der Waals surface area contributed by atoms with E-state index >= 15 is 0 Å². The fourth-order valence-corrected chi connectivity index (χ4v) is 1.79. The van der Waals surface area contributed by atoms with Gasteiger partial charge in [0.15, 0.2) is 22.4 Å². The first kappa shape index (κ1) is 11.6. The summed E-state index contributed by atoms with van der Waals surface area (Å²) in [5.41, 5.74) is 2.94. The molecule has 1 aliphatic heterocycles. The van der Waals surface area contributed by atoms with Gasteiger partial charge in [-0.15, -0.1) is 0 Å². The molecule has 0 bridgehead atoms. The lowest BCUT2D eigenvalue weighted by molar-refractivity contribution is 0.408. The third-order valence-electron chi connectivity index (χ3n) is 2.44. The smallest absolute Gasteiger partial charge is 0.179 e. The molecule has 0 atom stereocenters. The van der Waals surface area contributed by atoms with Gasteiger partial charge in [0.1, 0.15) is 12.1 Å². The highest BCUT2D eigenvalue weighted by molar-refractivity contribution is 6.31. The molecule has 0 saturated carbocycles. The molecule has 2 heterocycles. The molecular weight excluding hydrogens is 240 g/mol. The van der Waals surface area contributed by atoms with E-state index in [1.165, 1.54) is 0 Å². The Morgan fingerprint density at radius 2 is 1.71 bits per heavy atom. The van der Waals surface area contributed by atoms with Crippen LogP contribution in [0.4, 0.5) is 5.82 Å². The number of aromatic nitrogens is 2. The molecule has 6 nitrogen and oxygen atoms in total. The molecule has 86 valence electrons. The van der Waals surface area contributed by atoms with Gasteiger partial charge in [0.05, 0.1) is 0 Å². The third-order valence-corrected chi connectivity index (χ3v) is 2.70. The SMILES string of the molecule is N#Cc1nc(Cl)c(NN2CCCC2)nc1C#N. The van der Waals surface area contributed by atoms with Crippen LogP contribution in [0.1, 0.15) is 24.2 Å². The lowest BCUT2D eigenvalue weighted by Crippen LogP contribution is -2.27. The number of nitrogens with zero attached hydrogens (tertiary/aromatic N) is 5. The van der Waals surface area contributed by atoms with Crippen molar-refractivity contribution in [2.75, 3.05) is 18.5 Å². The molecule has 0 unspecified atom stereocenters. The van der Waals surface area contributed by atoms with Crippen LogP contribution in [0.15, 0.2) is 0 Å². The maximum atomic E-state index is 8.84. The standard InChI is InChI=1S/C10H9ClN6/c11-9-10(16-17-3-1-2-4-17)15-8(6-13)7(5-12)14-9/h1-4H2,(H,15,16). The average Bonchev–Trinajstić information content (AvgIpc) is 2.84. The second-order valence-electron chi connectivity index (χ2n) is 3.59. The molecule has 0 aromatic carbocycles. The molecule has 1 aliphatic rings. The van der Waals surface area contributed by atoms with Crippen molar-refractivity contribution in [2.45, 2.75) is 12.8 Å². The van der Waals surface area contributed by atoms with Crippen molar-refractivity contribution in [2.24, 2.45) is 0 Å². The second-order valence-corrected chi connectivity index (χ2v) is 3.95. The summed E-state index contributed by atoms with van der Waals surface area (Å²) in [7, 11) is 0. The van der Waals surface area contributed by atoms with Gasteiger partial charge in [0.25, 0.3) is 0 Å². The van der Waals surface area contributed by atoms with Crippen LogP contribution >= 0.6 is 11.6 Å². The predicted octanol–water partition coefficient (Wildman–Crippen LogP) is 1.30. The maximum absolute atomic E-state index is 8.84. The second kappa shape index (κ2) is 4.96. The fraction of sp³-hybridized carbons (Fsp3) is 0.400. The van der Waals surface area contributed by atoms with Gasteiger partial charge in [-0.05, 0) is 12.8 Å². The summed E-state index contributed by atoms with van der Waals surface area (Å²) in [5, 5.41) is 19.7. The number of nitriles is 2. The topological polar surface area (TPSA) is 88.6 Å². The Labute approximate surface area is 103 Å². The first-order valence-electron chi connectivity index (χ1n) is 5.14. The number of hydrogen-bond donors (Lipinski definition) is 1. The molecule has 1 saturated heterocycles. The summed E-state index contributed by atoms with van der Waals surface area (Å²) in [6.07, 6.45) is 2.22. The molecule has 0 amide bonds. The molecule has 1 aromatic rings. The van der Waals surface area contributed by atoms with E-state index in [1.54, 1.807) is 6.07 Å². The summed E-state index contributed by atoms with van der Waals surface area (Å²) in [4.78, 5) is 7.83. The number of hydrogen-bond acceptors (Lipinski definition) is 6. The number of anilines is 1. The summed E-state index contributed by atoms with van der Waals surface area (Å²) >= 11 is 5.89. The summed E-state index contributed by atoms with van der Waals surface area (Å²) in [6, 6.07) is 3.61. The van der Waals surface area contributed by atoms with Crippen LogP contribution in [-0.4, -0.2) is 28.1 Å². The molecule has 17 heavy (non-hydrogen) atoms. The number of hydrazine groups is 1. The molecule has 7 heteroatoms. The Morgan fingerprint density at radius 1 is 1.12 bits per heavy atom.